The molecule has 0 spiro atoms. The maximum Gasteiger partial charge on any atom is 0.321 e. The van der Waals surface area contributed by atoms with Gasteiger partial charge in [0.2, 0.25) is 5.91 Å². The number of hydrogen-bond donors (Lipinski definition) is 2. The summed E-state index contributed by atoms with van der Waals surface area (Å²) in [5.74, 6) is 0.698. The fraction of sp³-hybridized carbons (Fsp3) is 0.417. The van der Waals surface area contributed by atoms with Gasteiger partial charge in [-0.05, 0) is 61.4 Å². The molecule has 3 amide bonds. The summed E-state index contributed by atoms with van der Waals surface area (Å²) in [4.78, 5) is 27.2. The van der Waals surface area contributed by atoms with Crippen molar-refractivity contribution in [2.24, 2.45) is 5.92 Å². The van der Waals surface area contributed by atoms with Crippen LogP contribution in [-0.2, 0) is 10.2 Å². The number of piperidine rings is 1. The molecule has 0 atom stereocenters. The van der Waals surface area contributed by atoms with Gasteiger partial charge in [0.1, 0.15) is 11.6 Å². The van der Waals surface area contributed by atoms with Gasteiger partial charge in [0.25, 0.3) is 0 Å². The third-order valence-electron chi connectivity index (χ3n) is 6.38. The lowest BCUT2D eigenvalue weighted by Crippen LogP contribution is -2.44. The molecule has 31 heavy (non-hydrogen) atoms. The number of amides is 3. The van der Waals surface area contributed by atoms with Crippen LogP contribution in [0.25, 0.3) is 0 Å². The quantitative estimate of drug-likeness (QED) is 0.737. The van der Waals surface area contributed by atoms with Crippen molar-refractivity contribution in [2.75, 3.05) is 32.1 Å². The first-order chi connectivity index (χ1) is 15.0. The van der Waals surface area contributed by atoms with Gasteiger partial charge in [0.15, 0.2) is 0 Å². The van der Waals surface area contributed by atoms with E-state index in [9.17, 15) is 14.0 Å². The Kier molecular flexibility index (Phi) is 6.11. The minimum absolute atomic E-state index is 0.0236. The van der Waals surface area contributed by atoms with Gasteiger partial charge in [0, 0.05) is 19.6 Å². The largest absolute Gasteiger partial charge is 0.495 e. The van der Waals surface area contributed by atoms with Gasteiger partial charge >= 0.3 is 6.03 Å². The van der Waals surface area contributed by atoms with Crippen molar-refractivity contribution >= 4 is 17.6 Å². The number of nitrogens with one attached hydrogen (secondary N) is 2. The molecule has 0 radical (unpaired) electrons. The minimum Gasteiger partial charge on any atom is -0.495 e. The van der Waals surface area contributed by atoms with Crippen molar-refractivity contribution < 1.29 is 18.7 Å². The zero-order valence-electron chi connectivity index (χ0n) is 17.7. The molecule has 0 bridgehead atoms. The Morgan fingerprint density at radius 1 is 1.10 bits per heavy atom. The highest BCUT2D eigenvalue weighted by molar-refractivity contribution is 5.91. The Labute approximate surface area is 181 Å². The van der Waals surface area contributed by atoms with Crippen molar-refractivity contribution in [1.82, 2.24) is 10.2 Å². The second-order valence-corrected chi connectivity index (χ2v) is 8.36. The normalized spacial score (nSPS) is 17.7. The fourth-order valence-electron chi connectivity index (χ4n) is 4.23. The van der Waals surface area contributed by atoms with Gasteiger partial charge in [0.05, 0.1) is 18.2 Å². The van der Waals surface area contributed by atoms with Crippen LogP contribution in [0.15, 0.2) is 48.5 Å². The number of halogens is 1. The molecular formula is C24H28FN3O3. The summed E-state index contributed by atoms with van der Waals surface area (Å²) in [6, 6.07) is 13.4. The van der Waals surface area contributed by atoms with Crippen LogP contribution in [0.1, 0.15) is 31.2 Å². The number of nitrogens with zero attached hydrogens (tertiary/aromatic N) is 1. The molecule has 2 aromatic rings. The van der Waals surface area contributed by atoms with Crippen LogP contribution in [0, 0.1) is 11.7 Å². The molecule has 1 saturated carbocycles. The number of ether oxygens (including phenoxy) is 1. The van der Waals surface area contributed by atoms with Gasteiger partial charge in [-0.25, -0.2) is 9.18 Å². The molecular weight excluding hydrogens is 397 g/mol. The zero-order chi connectivity index (χ0) is 21.8. The highest BCUT2D eigenvalue weighted by Crippen LogP contribution is 2.48. The minimum atomic E-state index is -0.497. The van der Waals surface area contributed by atoms with Crippen LogP contribution in [0.3, 0.4) is 0 Å². The third-order valence-corrected chi connectivity index (χ3v) is 6.38. The SMILES string of the molecule is COc1ccccc1NC(=O)N1CCC(CNC(=O)C2(c3ccc(F)cc3)CC2)CC1. The summed E-state index contributed by atoms with van der Waals surface area (Å²) >= 11 is 0. The van der Waals surface area contributed by atoms with Gasteiger partial charge < -0.3 is 20.3 Å². The molecule has 4 rings (SSSR count). The number of rotatable bonds is 6. The summed E-state index contributed by atoms with van der Waals surface area (Å²) < 4.78 is 18.5. The number of anilines is 1. The molecule has 2 fully saturated rings. The summed E-state index contributed by atoms with van der Waals surface area (Å²) in [5, 5.41) is 6.01. The molecule has 2 aromatic carbocycles. The van der Waals surface area contributed by atoms with Crippen LogP contribution >= 0.6 is 0 Å². The zero-order valence-corrected chi connectivity index (χ0v) is 17.7. The number of likely N-dealkylation sites (tertiary alicyclic amines) is 1. The van der Waals surface area contributed by atoms with E-state index in [2.05, 4.69) is 10.6 Å². The van der Waals surface area contributed by atoms with Crippen LogP contribution in [-0.4, -0.2) is 43.6 Å². The number of urea groups is 1. The van der Waals surface area contributed by atoms with Gasteiger partial charge in [-0.2, -0.15) is 0 Å². The van der Waals surface area contributed by atoms with E-state index in [0.29, 0.717) is 37.0 Å². The van der Waals surface area contributed by atoms with Gasteiger partial charge in [-0.3, -0.25) is 4.79 Å². The van der Waals surface area contributed by atoms with E-state index >= 15 is 0 Å². The van der Waals surface area contributed by atoms with E-state index in [1.807, 2.05) is 24.3 Å². The Hall–Kier alpha value is -3.09. The van der Waals surface area contributed by atoms with E-state index in [-0.39, 0.29) is 17.8 Å². The summed E-state index contributed by atoms with van der Waals surface area (Å²) in [5.41, 5.74) is 1.04. The van der Waals surface area contributed by atoms with Crippen LogP contribution in [0.2, 0.25) is 0 Å². The first-order valence-corrected chi connectivity index (χ1v) is 10.7. The average Bonchev–Trinajstić information content (AvgIpc) is 3.61. The molecule has 164 valence electrons. The van der Waals surface area contributed by atoms with E-state index in [1.54, 1.807) is 24.1 Å². The monoisotopic (exact) mass is 425 g/mol. The molecule has 0 unspecified atom stereocenters. The van der Waals surface area contributed by atoms with E-state index < -0.39 is 5.41 Å². The van der Waals surface area contributed by atoms with Crippen LogP contribution in [0.4, 0.5) is 14.9 Å². The molecule has 1 saturated heterocycles. The van der Waals surface area contributed by atoms with E-state index in [0.717, 1.165) is 31.2 Å². The first-order valence-electron chi connectivity index (χ1n) is 10.7. The van der Waals surface area contributed by atoms with Gasteiger partial charge in [-0.1, -0.05) is 24.3 Å². The number of carbonyl (C=O) groups excluding carboxylic acids is 2. The molecule has 7 heteroatoms. The van der Waals surface area contributed by atoms with Crippen molar-refractivity contribution in [1.29, 1.82) is 0 Å². The van der Waals surface area contributed by atoms with Crippen molar-refractivity contribution in [2.45, 2.75) is 31.1 Å². The first kappa shape index (κ1) is 21.2. The molecule has 1 aliphatic heterocycles. The summed E-state index contributed by atoms with van der Waals surface area (Å²) in [7, 11) is 1.58. The maximum absolute atomic E-state index is 13.2. The number of para-hydroxylation sites is 2. The highest BCUT2D eigenvalue weighted by atomic mass is 19.1. The molecule has 0 aromatic heterocycles. The molecule has 1 aliphatic carbocycles. The molecule has 6 nitrogen and oxygen atoms in total. The third kappa shape index (κ3) is 4.65. The summed E-state index contributed by atoms with van der Waals surface area (Å²) in [6.07, 6.45) is 3.27. The molecule has 1 heterocycles. The molecule has 2 N–H and O–H groups in total. The van der Waals surface area contributed by atoms with Crippen LogP contribution < -0.4 is 15.4 Å². The Morgan fingerprint density at radius 3 is 2.42 bits per heavy atom. The molecule has 2 aliphatic rings. The number of carbonyl (C=O) groups is 2. The average molecular weight is 426 g/mol. The van der Waals surface area contributed by atoms with Gasteiger partial charge in [-0.15, -0.1) is 0 Å². The van der Waals surface area contributed by atoms with E-state index in [4.69, 9.17) is 4.74 Å². The predicted octanol–water partition coefficient (Wildman–Crippen LogP) is 3.93. The fourth-order valence-corrected chi connectivity index (χ4v) is 4.23. The van der Waals surface area contributed by atoms with E-state index in [1.165, 1.54) is 12.1 Å². The Morgan fingerprint density at radius 2 is 1.77 bits per heavy atom. The smallest absolute Gasteiger partial charge is 0.321 e. The highest BCUT2D eigenvalue weighted by Gasteiger charge is 2.51. The second-order valence-electron chi connectivity index (χ2n) is 8.36. The van der Waals surface area contributed by atoms with Crippen molar-refractivity contribution in [3.63, 3.8) is 0 Å². The summed E-state index contributed by atoms with van der Waals surface area (Å²) in [6.45, 7) is 1.89. The Bertz CT molecular complexity index is 935. The topological polar surface area (TPSA) is 70.7 Å². The lowest BCUT2D eigenvalue weighted by molar-refractivity contribution is -0.123. The standard InChI is InChI=1S/C24H28FN3O3/c1-31-21-5-3-2-4-20(21)27-23(30)28-14-10-17(11-15-28)16-26-22(29)24(12-13-24)18-6-8-19(25)9-7-18/h2-9,17H,10-16H2,1H3,(H,26,29)(H,27,30). The lowest BCUT2D eigenvalue weighted by atomic mass is 9.93. The van der Waals surface area contributed by atoms with Crippen molar-refractivity contribution in [3.8, 4) is 5.75 Å². The number of benzene rings is 2. The number of hydrogen-bond acceptors (Lipinski definition) is 3. The maximum atomic E-state index is 13.2. The van der Waals surface area contributed by atoms with Crippen LogP contribution in [0.5, 0.6) is 5.75 Å². The second kappa shape index (κ2) is 8.96. The Balaban J connectivity index is 1.24. The number of methoxy groups -OCH3 is 1. The van der Waals surface area contributed by atoms with Crippen molar-refractivity contribution in [3.05, 3.63) is 59.9 Å². The lowest BCUT2D eigenvalue weighted by Gasteiger charge is -2.32. The predicted molar refractivity (Wildman–Crippen MR) is 117 cm³/mol.